The minimum absolute atomic E-state index is 0.333. The summed E-state index contributed by atoms with van der Waals surface area (Å²) in [5.41, 5.74) is 1.37. The second kappa shape index (κ2) is 5.96. The molecule has 1 saturated carbocycles. The molecule has 1 aromatic carbocycles. The molecule has 0 saturated heterocycles. The van der Waals surface area contributed by atoms with Gasteiger partial charge in [0, 0.05) is 19.0 Å². The summed E-state index contributed by atoms with van der Waals surface area (Å²) < 4.78 is 5.99. The van der Waals surface area contributed by atoms with Gasteiger partial charge in [-0.1, -0.05) is 44.4 Å². The monoisotopic (exact) mass is 259 g/mol. The van der Waals surface area contributed by atoms with E-state index in [0.29, 0.717) is 12.1 Å². The van der Waals surface area contributed by atoms with Gasteiger partial charge in [0.15, 0.2) is 0 Å². The zero-order valence-corrected chi connectivity index (χ0v) is 11.9. The van der Waals surface area contributed by atoms with E-state index >= 15 is 0 Å². The first-order chi connectivity index (χ1) is 9.35. The number of benzene rings is 1. The molecule has 1 aromatic rings. The van der Waals surface area contributed by atoms with Crippen molar-refractivity contribution in [3.63, 3.8) is 0 Å². The fraction of sp³-hybridized carbons (Fsp3) is 0.647. The SMILES string of the molecule is CCC1CCCC(NCC2Cc3ccccc3O2)C1. The lowest BCUT2D eigenvalue weighted by atomic mass is 9.84. The van der Waals surface area contributed by atoms with Crippen molar-refractivity contribution in [1.29, 1.82) is 0 Å². The van der Waals surface area contributed by atoms with Crippen LogP contribution in [0.3, 0.4) is 0 Å². The number of ether oxygens (including phenoxy) is 1. The quantitative estimate of drug-likeness (QED) is 0.893. The molecule has 1 aliphatic carbocycles. The van der Waals surface area contributed by atoms with Gasteiger partial charge >= 0.3 is 0 Å². The Morgan fingerprint density at radius 3 is 3.00 bits per heavy atom. The van der Waals surface area contributed by atoms with Gasteiger partial charge < -0.3 is 10.1 Å². The Morgan fingerprint density at radius 1 is 1.26 bits per heavy atom. The predicted octanol–water partition coefficient (Wildman–Crippen LogP) is 3.55. The van der Waals surface area contributed by atoms with E-state index in [-0.39, 0.29) is 0 Å². The molecule has 19 heavy (non-hydrogen) atoms. The van der Waals surface area contributed by atoms with E-state index in [4.69, 9.17) is 4.74 Å². The van der Waals surface area contributed by atoms with Crippen LogP contribution in [0.2, 0.25) is 0 Å². The van der Waals surface area contributed by atoms with Gasteiger partial charge in [0.2, 0.25) is 0 Å². The normalized spacial score (nSPS) is 29.8. The molecule has 0 spiro atoms. The Balaban J connectivity index is 1.46. The molecule has 1 aliphatic heterocycles. The highest BCUT2D eigenvalue weighted by Gasteiger charge is 2.25. The summed E-state index contributed by atoms with van der Waals surface area (Å²) in [6, 6.07) is 9.14. The molecule has 3 rings (SSSR count). The van der Waals surface area contributed by atoms with Gasteiger partial charge in [-0.25, -0.2) is 0 Å². The van der Waals surface area contributed by atoms with E-state index in [1.54, 1.807) is 0 Å². The van der Waals surface area contributed by atoms with Crippen molar-refractivity contribution in [3.05, 3.63) is 29.8 Å². The highest BCUT2D eigenvalue weighted by molar-refractivity contribution is 5.37. The van der Waals surface area contributed by atoms with Crippen molar-refractivity contribution in [2.24, 2.45) is 5.92 Å². The van der Waals surface area contributed by atoms with Gasteiger partial charge in [-0.2, -0.15) is 0 Å². The maximum absolute atomic E-state index is 5.99. The predicted molar refractivity (Wildman–Crippen MR) is 78.6 cm³/mol. The summed E-state index contributed by atoms with van der Waals surface area (Å²) in [5.74, 6) is 2.03. The first-order valence-corrected chi connectivity index (χ1v) is 7.83. The van der Waals surface area contributed by atoms with Crippen LogP contribution in [0.15, 0.2) is 24.3 Å². The summed E-state index contributed by atoms with van der Waals surface area (Å²) in [6.07, 6.45) is 8.25. The van der Waals surface area contributed by atoms with Gasteiger partial charge in [-0.3, -0.25) is 0 Å². The molecular formula is C17H25NO. The minimum Gasteiger partial charge on any atom is -0.488 e. The standard InChI is InChI=1S/C17H25NO/c1-2-13-6-5-8-15(10-13)18-12-16-11-14-7-3-4-9-17(14)19-16/h3-4,7,9,13,15-16,18H,2,5-6,8,10-12H2,1H3. The topological polar surface area (TPSA) is 21.3 Å². The van der Waals surface area contributed by atoms with Crippen LogP contribution in [0.5, 0.6) is 5.75 Å². The zero-order chi connectivity index (χ0) is 13.1. The average molecular weight is 259 g/mol. The second-order valence-electron chi connectivity index (χ2n) is 6.10. The van der Waals surface area contributed by atoms with Crippen LogP contribution in [0.4, 0.5) is 0 Å². The van der Waals surface area contributed by atoms with E-state index in [1.807, 2.05) is 0 Å². The fourth-order valence-corrected chi connectivity index (χ4v) is 3.51. The lowest BCUT2D eigenvalue weighted by Gasteiger charge is -2.30. The number of fused-ring (bicyclic) bond motifs is 1. The van der Waals surface area contributed by atoms with Gasteiger partial charge in [-0.15, -0.1) is 0 Å². The molecule has 104 valence electrons. The molecule has 3 atom stereocenters. The average Bonchev–Trinajstić information content (AvgIpc) is 2.88. The molecule has 2 nitrogen and oxygen atoms in total. The molecule has 0 aromatic heterocycles. The molecule has 1 fully saturated rings. The van der Waals surface area contributed by atoms with Gasteiger partial charge in [0.1, 0.15) is 11.9 Å². The highest BCUT2D eigenvalue weighted by atomic mass is 16.5. The van der Waals surface area contributed by atoms with E-state index in [1.165, 1.54) is 37.7 Å². The Hall–Kier alpha value is -1.02. The summed E-state index contributed by atoms with van der Waals surface area (Å²) in [7, 11) is 0. The summed E-state index contributed by atoms with van der Waals surface area (Å²) in [6.45, 7) is 3.32. The third kappa shape index (κ3) is 3.11. The smallest absolute Gasteiger partial charge is 0.123 e. The molecule has 0 bridgehead atoms. The molecule has 1 N–H and O–H groups in total. The summed E-state index contributed by atoms with van der Waals surface area (Å²) in [5, 5.41) is 3.74. The molecule has 2 heteroatoms. The summed E-state index contributed by atoms with van der Waals surface area (Å²) >= 11 is 0. The molecule has 2 aliphatic rings. The maximum atomic E-state index is 5.99. The second-order valence-corrected chi connectivity index (χ2v) is 6.10. The number of rotatable bonds is 4. The largest absolute Gasteiger partial charge is 0.488 e. The van der Waals surface area contributed by atoms with Crippen LogP contribution >= 0.6 is 0 Å². The van der Waals surface area contributed by atoms with E-state index in [0.717, 1.165) is 24.6 Å². The number of nitrogens with one attached hydrogen (secondary N) is 1. The lowest BCUT2D eigenvalue weighted by molar-refractivity contribution is 0.203. The Bertz CT molecular complexity index is 392. The highest BCUT2D eigenvalue weighted by Crippen LogP contribution is 2.29. The first-order valence-electron chi connectivity index (χ1n) is 7.83. The number of hydrogen-bond donors (Lipinski definition) is 1. The molecule has 0 radical (unpaired) electrons. The maximum Gasteiger partial charge on any atom is 0.123 e. The van der Waals surface area contributed by atoms with Crippen LogP contribution in [-0.2, 0) is 6.42 Å². The Kier molecular flexibility index (Phi) is 4.07. The third-order valence-corrected chi connectivity index (χ3v) is 4.71. The van der Waals surface area contributed by atoms with Gasteiger partial charge in [0.05, 0.1) is 0 Å². The molecular weight excluding hydrogens is 234 g/mol. The minimum atomic E-state index is 0.333. The number of hydrogen-bond acceptors (Lipinski definition) is 2. The van der Waals surface area contributed by atoms with Crippen molar-refractivity contribution in [2.45, 2.75) is 57.6 Å². The fourth-order valence-electron chi connectivity index (χ4n) is 3.51. The van der Waals surface area contributed by atoms with Crippen molar-refractivity contribution >= 4 is 0 Å². The van der Waals surface area contributed by atoms with E-state index in [2.05, 4.69) is 36.5 Å². The van der Waals surface area contributed by atoms with Crippen molar-refractivity contribution in [2.75, 3.05) is 6.54 Å². The Labute approximate surface area is 116 Å². The molecule has 3 unspecified atom stereocenters. The van der Waals surface area contributed by atoms with Crippen molar-refractivity contribution < 1.29 is 4.74 Å². The van der Waals surface area contributed by atoms with Crippen LogP contribution < -0.4 is 10.1 Å². The van der Waals surface area contributed by atoms with E-state index in [9.17, 15) is 0 Å². The number of para-hydroxylation sites is 1. The molecule has 0 amide bonds. The van der Waals surface area contributed by atoms with Crippen LogP contribution in [0.25, 0.3) is 0 Å². The van der Waals surface area contributed by atoms with Gasteiger partial charge in [-0.05, 0) is 30.4 Å². The van der Waals surface area contributed by atoms with Crippen LogP contribution in [-0.4, -0.2) is 18.7 Å². The zero-order valence-electron chi connectivity index (χ0n) is 11.9. The van der Waals surface area contributed by atoms with Crippen LogP contribution in [0, 0.1) is 5.92 Å². The molecule has 1 heterocycles. The lowest BCUT2D eigenvalue weighted by Crippen LogP contribution is -2.40. The van der Waals surface area contributed by atoms with E-state index < -0.39 is 0 Å². The van der Waals surface area contributed by atoms with Gasteiger partial charge in [0.25, 0.3) is 0 Å². The first kappa shape index (κ1) is 13.0. The van der Waals surface area contributed by atoms with Crippen LogP contribution in [0.1, 0.15) is 44.6 Å². The summed E-state index contributed by atoms with van der Waals surface area (Å²) in [4.78, 5) is 0. The van der Waals surface area contributed by atoms with Crippen molar-refractivity contribution in [1.82, 2.24) is 5.32 Å². The third-order valence-electron chi connectivity index (χ3n) is 4.71. The van der Waals surface area contributed by atoms with Crippen molar-refractivity contribution in [3.8, 4) is 5.75 Å². The Morgan fingerprint density at radius 2 is 2.16 bits per heavy atom.